The Labute approximate surface area is 134 Å². The van der Waals surface area contributed by atoms with E-state index in [2.05, 4.69) is 10.4 Å². The van der Waals surface area contributed by atoms with E-state index in [0.717, 1.165) is 30.5 Å². The van der Waals surface area contributed by atoms with Gasteiger partial charge in [-0.15, -0.1) is 0 Å². The van der Waals surface area contributed by atoms with Gasteiger partial charge in [-0.2, -0.15) is 5.10 Å². The van der Waals surface area contributed by atoms with E-state index in [1.54, 1.807) is 10.7 Å². The molecule has 122 valence electrons. The fraction of sp³-hybridized carbons (Fsp3) is 0.438. The molecule has 2 amide bonds. The van der Waals surface area contributed by atoms with Crippen LogP contribution >= 0.6 is 0 Å². The topological polar surface area (TPSA) is 92.7 Å². The molecule has 1 aliphatic heterocycles. The summed E-state index contributed by atoms with van der Waals surface area (Å²) in [7, 11) is 0. The summed E-state index contributed by atoms with van der Waals surface area (Å²) in [6, 6.07) is 5.82. The van der Waals surface area contributed by atoms with E-state index >= 15 is 0 Å². The zero-order chi connectivity index (χ0) is 16.2. The molecule has 2 aromatic rings. The highest BCUT2D eigenvalue weighted by molar-refractivity contribution is 5.79. The summed E-state index contributed by atoms with van der Waals surface area (Å²) in [5, 5.41) is 7.19. The first-order chi connectivity index (χ1) is 11.1. The Balaban J connectivity index is 1.58. The Morgan fingerprint density at radius 2 is 2.26 bits per heavy atom. The molecular formula is C16H21N5O2. The van der Waals surface area contributed by atoms with Crippen LogP contribution < -0.4 is 11.1 Å². The van der Waals surface area contributed by atoms with Crippen LogP contribution in [-0.4, -0.2) is 46.0 Å². The molecule has 1 fully saturated rings. The lowest BCUT2D eigenvalue weighted by Crippen LogP contribution is -2.45. The first-order valence-electron chi connectivity index (χ1n) is 7.83. The van der Waals surface area contributed by atoms with Crippen LogP contribution in [-0.2, 0) is 16.1 Å². The Hall–Kier alpha value is -2.41. The SMILES string of the molecule is NC(=O)CN1CCCC(C(=O)NCc2cccn3nccc23)C1. The second-order valence-corrected chi connectivity index (χ2v) is 5.95. The number of likely N-dealkylation sites (tertiary alicyclic amines) is 1. The fourth-order valence-corrected chi connectivity index (χ4v) is 3.12. The summed E-state index contributed by atoms with van der Waals surface area (Å²) >= 11 is 0. The van der Waals surface area contributed by atoms with Crippen molar-refractivity contribution in [2.45, 2.75) is 19.4 Å². The van der Waals surface area contributed by atoms with Crippen LogP contribution in [0.5, 0.6) is 0 Å². The molecule has 23 heavy (non-hydrogen) atoms. The molecule has 3 rings (SSSR count). The van der Waals surface area contributed by atoms with Gasteiger partial charge in [-0.05, 0) is 37.1 Å². The predicted molar refractivity (Wildman–Crippen MR) is 85.4 cm³/mol. The van der Waals surface area contributed by atoms with Crippen molar-refractivity contribution in [3.63, 3.8) is 0 Å². The number of amides is 2. The second-order valence-electron chi connectivity index (χ2n) is 5.95. The molecule has 0 saturated carbocycles. The van der Waals surface area contributed by atoms with Gasteiger partial charge < -0.3 is 11.1 Å². The van der Waals surface area contributed by atoms with Gasteiger partial charge in [0.2, 0.25) is 11.8 Å². The van der Waals surface area contributed by atoms with Crippen LogP contribution in [0.25, 0.3) is 5.52 Å². The van der Waals surface area contributed by atoms with E-state index in [1.165, 1.54) is 0 Å². The third-order valence-electron chi connectivity index (χ3n) is 4.23. The summed E-state index contributed by atoms with van der Waals surface area (Å²) in [6.45, 7) is 2.10. The summed E-state index contributed by atoms with van der Waals surface area (Å²) in [4.78, 5) is 25.4. The average Bonchev–Trinajstić information content (AvgIpc) is 3.01. The second kappa shape index (κ2) is 6.78. The highest BCUT2D eigenvalue weighted by Gasteiger charge is 2.26. The molecule has 1 atom stereocenters. The number of carbonyl (C=O) groups excluding carboxylic acids is 2. The van der Waals surface area contributed by atoms with Gasteiger partial charge in [0.05, 0.1) is 18.0 Å². The van der Waals surface area contributed by atoms with E-state index < -0.39 is 0 Å². The van der Waals surface area contributed by atoms with E-state index in [9.17, 15) is 9.59 Å². The van der Waals surface area contributed by atoms with Gasteiger partial charge in [-0.25, -0.2) is 4.52 Å². The van der Waals surface area contributed by atoms with Crippen LogP contribution in [0.3, 0.4) is 0 Å². The number of nitrogens with two attached hydrogens (primary N) is 1. The molecule has 0 bridgehead atoms. The lowest BCUT2D eigenvalue weighted by Gasteiger charge is -2.31. The number of rotatable bonds is 5. The number of hydrogen-bond acceptors (Lipinski definition) is 4. The van der Waals surface area contributed by atoms with Crippen LogP contribution in [0.1, 0.15) is 18.4 Å². The number of nitrogens with zero attached hydrogens (tertiary/aromatic N) is 3. The molecule has 3 N–H and O–H groups in total. The monoisotopic (exact) mass is 315 g/mol. The molecule has 1 unspecified atom stereocenters. The molecule has 3 heterocycles. The van der Waals surface area contributed by atoms with Gasteiger partial charge in [-0.1, -0.05) is 6.07 Å². The highest BCUT2D eigenvalue weighted by Crippen LogP contribution is 2.17. The molecule has 0 spiro atoms. The van der Waals surface area contributed by atoms with Crippen molar-refractivity contribution in [1.82, 2.24) is 19.8 Å². The standard InChI is InChI=1S/C16H21N5O2/c17-15(22)11-20-7-1-4-13(10-20)16(23)18-9-12-3-2-8-21-14(12)5-6-19-21/h2-3,5-6,8,13H,1,4,7,9-11H2,(H2,17,22)(H,18,23). The van der Waals surface area contributed by atoms with Gasteiger partial charge >= 0.3 is 0 Å². The first-order valence-corrected chi connectivity index (χ1v) is 7.83. The third-order valence-corrected chi connectivity index (χ3v) is 4.23. The molecule has 1 aliphatic rings. The maximum Gasteiger partial charge on any atom is 0.231 e. The van der Waals surface area contributed by atoms with Gasteiger partial charge in [0.25, 0.3) is 0 Å². The molecule has 0 radical (unpaired) electrons. The molecular weight excluding hydrogens is 294 g/mol. The fourth-order valence-electron chi connectivity index (χ4n) is 3.12. The molecule has 1 saturated heterocycles. The normalized spacial score (nSPS) is 18.9. The quantitative estimate of drug-likeness (QED) is 0.821. The molecule has 7 heteroatoms. The number of piperidine rings is 1. The highest BCUT2D eigenvalue weighted by atomic mass is 16.2. The zero-order valence-electron chi connectivity index (χ0n) is 12.9. The Morgan fingerprint density at radius 1 is 1.39 bits per heavy atom. The largest absolute Gasteiger partial charge is 0.369 e. The van der Waals surface area contributed by atoms with Gasteiger partial charge in [0.1, 0.15) is 0 Å². The van der Waals surface area contributed by atoms with Gasteiger partial charge in [0, 0.05) is 25.5 Å². The number of nitrogens with one attached hydrogen (secondary N) is 1. The number of primary amides is 1. The molecule has 0 aliphatic carbocycles. The number of fused-ring (bicyclic) bond motifs is 1. The summed E-state index contributed by atoms with van der Waals surface area (Å²) in [5.41, 5.74) is 7.26. The summed E-state index contributed by atoms with van der Waals surface area (Å²) < 4.78 is 1.79. The number of carbonyl (C=O) groups is 2. The number of hydrogen-bond donors (Lipinski definition) is 2. The van der Waals surface area contributed by atoms with Crippen LogP contribution in [0.4, 0.5) is 0 Å². The first kappa shape index (κ1) is 15.5. The van der Waals surface area contributed by atoms with E-state index in [0.29, 0.717) is 13.1 Å². The van der Waals surface area contributed by atoms with Gasteiger partial charge in [0.15, 0.2) is 0 Å². The smallest absolute Gasteiger partial charge is 0.231 e. The average molecular weight is 315 g/mol. The van der Waals surface area contributed by atoms with Crippen molar-refractivity contribution >= 4 is 17.3 Å². The van der Waals surface area contributed by atoms with E-state index in [4.69, 9.17) is 5.73 Å². The molecule has 7 nitrogen and oxygen atoms in total. The van der Waals surface area contributed by atoms with Crippen LogP contribution in [0, 0.1) is 5.92 Å². The van der Waals surface area contributed by atoms with Crippen molar-refractivity contribution in [1.29, 1.82) is 0 Å². The predicted octanol–water partition coefficient (Wildman–Crippen LogP) is 0.148. The van der Waals surface area contributed by atoms with Crippen molar-refractivity contribution in [2.75, 3.05) is 19.6 Å². The number of pyridine rings is 1. The van der Waals surface area contributed by atoms with Gasteiger partial charge in [-0.3, -0.25) is 14.5 Å². The van der Waals surface area contributed by atoms with Crippen molar-refractivity contribution in [2.24, 2.45) is 11.7 Å². The molecule has 0 aromatic carbocycles. The van der Waals surface area contributed by atoms with Crippen molar-refractivity contribution < 1.29 is 9.59 Å². The summed E-state index contributed by atoms with van der Waals surface area (Å²) in [6.07, 6.45) is 5.37. The Kier molecular flexibility index (Phi) is 4.57. The third kappa shape index (κ3) is 3.68. The summed E-state index contributed by atoms with van der Waals surface area (Å²) in [5.74, 6) is -0.410. The van der Waals surface area contributed by atoms with Crippen molar-refractivity contribution in [3.05, 3.63) is 36.2 Å². The minimum Gasteiger partial charge on any atom is -0.369 e. The van der Waals surface area contributed by atoms with Crippen LogP contribution in [0.15, 0.2) is 30.6 Å². The lowest BCUT2D eigenvalue weighted by molar-refractivity contribution is -0.128. The van der Waals surface area contributed by atoms with Crippen molar-refractivity contribution in [3.8, 4) is 0 Å². The lowest BCUT2D eigenvalue weighted by atomic mass is 9.97. The number of aromatic nitrogens is 2. The minimum atomic E-state index is -0.349. The van der Waals surface area contributed by atoms with E-state index in [1.807, 2.05) is 29.3 Å². The molecule has 2 aromatic heterocycles. The Morgan fingerprint density at radius 3 is 3.09 bits per heavy atom. The zero-order valence-corrected chi connectivity index (χ0v) is 12.9. The minimum absolute atomic E-state index is 0.0284. The van der Waals surface area contributed by atoms with E-state index in [-0.39, 0.29) is 24.3 Å². The van der Waals surface area contributed by atoms with Crippen LogP contribution in [0.2, 0.25) is 0 Å². The maximum atomic E-state index is 12.4. The Bertz CT molecular complexity index is 711. The maximum absolute atomic E-state index is 12.4.